The van der Waals surface area contributed by atoms with Gasteiger partial charge in [0.2, 0.25) is 0 Å². The second-order valence-electron chi connectivity index (χ2n) is 4.30. The van der Waals surface area contributed by atoms with E-state index in [0.717, 1.165) is 22.8 Å². The molecule has 0 aliphatic carbocycles. The van der Waals surface area contributed by atoms with E-state index in [0.29, 0.717) is 11.5 Å². The summed E-state index contributed by atoms with van der Waals surface area (Å²) in [5.74, 6) is 2.90. The molecular formula is C14H28O2S. The molecule has 0 aromatic carbocycles. The van der Waals surface area contributed by atoms with Crippen LogP contribution in [0.4, 0.5) is 0 Å². The van der Waals surface area contributed by atoms with Gasteiger partial charge in [0.25, 0.3) is 0 Å². The Morgan fingerprint density at radius 1 is 1.29 bits per heavy atom. The van der Waals surface area contributed by atoms with Crippen LogP contribution in [0.2, 0.25) is 0 Å². The molecule has 0 saturated carbocycles. The van der Waals surface area contributed by atoms with E-state index in [2.05, 4.69) is 27.4 Å². The first kappa shape index (κ1) is 18.8. The Labute approximate surface area is 110 Å². The lowest BCUT2D eigenvalue weighted by atomic mass is 10.1. The van der Waals surface area contributed by atoms with Gasteiger partial charge in [-0.2, -0.15) is 0 Å². The third-order valence-electron chi connectivity index (χ3n) is 1.80. The van der Waals surface area contributed by atoms with E-state index in [1.54, 1.807) is 7.11 Å². The van der Waals surface area contributed by atoms with Crippen molar-refractivity contribution in [2.24, 2.45) is 5.92 Å². The van der Waals surface area contributed by atoms with Gasteiger partial charge in [0.05, 0.1) is 18.6 Å². The molecule has 102 valence electrons. The minimum absolute atomic E-state index is 0.607. The van der Waals surface area contributed by atoms with Crippen LogP contribution in [0.3, 0.4) is 0 Å². The molecule has 3 heteroatoms. The highest BCUT2D eigenvalue weighted by Crippen LogP contribution is 2.22. The van der Waals surface area contributed by atoms with E-state index in [9.17, 15) is 4.21 Å². The lowest BCUT2D eigenvalue weighted by Crippen LogP contribution is -1.92. The summed E-state index contributed by atoms with van der Waals surface area (Å²) >= 11 is 0. The number of rotatable bonds is 1. The van der Waals surface area contributed by atoms with Crippen LogP contribution in [0.15, 0.2) is 23.5 Å². The van der Waals surface area contributed by atoms with Gasteiger partial charge < -0.3 is 4.74 Å². The van der Waals surface area contributed by atoms with Crippen molar-refractivity contribution in [1.29, 1.82) is 0 Å². The standard InChI is InChI=1S/C8H12O2S.C4H10.C2H6/c1-6-4-11(9)5-8(6)7(2)10-3;1-4(2)3;1-2/h1,4-5H2,2-3H3;4H,1-3H3;1-2H3/b8-7+;;. The Morgan fingerprint density at radius 2 is 1.71 bits per heavy atom. The quantitative estimate of drug-likeness (QED) is 0.668. The summed E-state index contributed by atoms with van der Waals surface area (Å²) in [7, 11) is 0.879. The largest absolute Gasteiger partial charge is 0.501 e. The van der Waals surface area contributed by atoms with Crippen LogP contribution < -0.4 is 0 Å². The summed E-state index contributed by atoms with van der Waals surface area (Å²) in [6, 6.07) is 0. The Bertz CT molecular complexity index is 275. The monoisotopic (exact) mass is 260 g/mol. The van der Waals surface area contributed by atoms with E-state index >= 15 is 0 Å². The first-order valence-corrected chi connectivity index (χ1v) is 7.64. The van der Waals surface area contributed by atoms with Crippen molar-refractivity contribution >= 4 is 10.8 Å². The number of ether oxygens (including phenoxy) is 1. The molecule has 1 unspecified atom stereocenters. The van der Waals surface area contributed by atoms with Crippen molar-refractivity contribution in [3.05, 3.63) is 23.5 Å². The topological polar surface area (TPSA) is 26.3 Å². The summed E-state index contributed by atoms with van der Waals surface area (Å²) in [5, 5.41) is 0. The Hall–Kier alpha value is -0.570. The zero-order chi connectivity index (χ0) is 14.0. The SMILES string of the molecule is C=C1CS(=O)C/C1=C(/C)OC.CC.CC(C)C. The summed E-state index contributed by atoms with van der Waals surface area (Å²) in [4.78, 5) is 0. The van der Waals surface area contributed by atoms with Gasteiger partial charge in [-0.1, -0.05) is 41.2 Å². The van der Waals surface area contributed by atoms with Crippen LogP contribution in [-0.2, 0) is 15.5 Å². The second kappa shape index (κ2) is 10.6. The minimum atomic E-state index is -0.743. The summed E-state index contributed by atoms with van der Waals surface area (Å²) in [6.07, 6.45) is 0. The highest BCUT2D eigenvalue weighted by atomic mass is 32.2. The molecule has 1 atom stereocenters. The molecule has 0 aromatic heterocycles. The zero-order valence-corrected chi connectivity index (χ0v) is 13.2. The first-order valence-electron chi connectivity index (χ1n) is 6.15. The zero-order valence-electron chi connectivity index (χ0n) is 12.4. The molecule has 1 aliphatic rings. The maximum atomic E-state index is 11.0. The molecule has 0 radical (unpaired) electrons. The van der Waals surface area contributed by atoms with Crippen molar-refractivity contribution in [2.45, 2.75) is 41.5 Å². The summed E-state index contributed by atoms with van der Waals surface area (Å²) < 4.78 is 16.1. The Balaban J connectivity index is 0. The van der Waals surface area contributed by atoms with Crippen molar-refractivity contribution in [1.82, 2.24) is 0 Å². The normalized spacial score (nSPS) is 21.2. The van der Waals surface area contributed by atoms with E-state index in [-0.39, 0.29) is 0 Å². The average molecular weight is 260 g/mol. The molecule has 1 saturated heterocycles. The molecule has 2 nitrogen and oxygen atoms in total. The van der Waals surface area contributed by atoms with Gasteiger partial charge in [-0.25, -0.2) is 0 Å². The van der Waals surface area contributed by atoms with E-state index in [1.165, 1.54) is 0 Å². The molecule has 0 N–H and O–H groups in total. The molecular weight excluding hydrogens is 232 g/mol. The first-order chi connectivity index (χ1) is 7.88. The van der Waals surface area contributed by atoms with Crippen molar-refractivity contribution in [3.8, 4) is 0 Å². The highest BCUT2D eigenvalue weighted by Gasteiger charge is 2.20. The predicted molar refractivity (Wildman–Crippen MR) is 78.6 cm³/mol. The van der Waals surface area contributed by atoms with E-state index < -0.39 is 10.8 Å². The third-order valence-corrected chi connectivity index (χ3v) is 3.08. The van der Waals surface area contributed by atoms with Gasteiger partial charge in [-0.3, -0.25) is 4.21 Å². The van der Waals surface area contributed by atoms with Gasteiger partial charge in [-0.05, 0) is 18.4 Å². The molecule has 0 bridgehead atoms. The molecule has 0 aromatic rings. The van der Waals surface area contributed by atoms with Crippen LogP contribution in [0.25, 0.3) is 0 Å². The molecule has 1 heterocycles. The van der Waals surface area contributed by atoms with Gasteiger partial charge in [0.15, 0.2) is 0 Å². The number of hydrogen-bond acceptors (Lipinski definition) is 2. The maximum absolute atomic E-state index is 11.0. The lowest BCUT2D eigenvalue weighted by molar-refractivity contribution is 0.290. The Kier molecular flexibility index (Phi) is 11.7. The van der Waals surface area contributed by atoms with Crippen molar-refractivity contribution < 1.29 is 8.95 Å². The van der Waals surface area contributed by atoms with E-state index in [4.69, 9.17) is 4.74 Å². The van der Waals surface area contributed by atoms with Crippen molar-refractivity contribution in [2.75, 3.05) is 18.6 Å². The predicted octanol–water partition coefficient (Wildman–Crippen LogP) is 3.91. The summed E-state index contributed by atoms with van der Waals surface area (Å²) in [6.45, 7) is 16.2. The highest BCUT2D eigenvalue weighted by molar-refractivity contribution is 7.85. The van der Waals surface area contributed by atoms with E-state index in [1.807, 2.05) is 20.8 Å². The van der Waals surface area contributed by atoms with Gasteiger partial charge >= 0.3 is 0 Å². The van der Waals surface area contributed by atoms with Crippen LogP contribution in [0.5, 0.6) is 0 Å². The summed E-state index contributed by atoms with van der Waals surface area (Å²) in [5.41, 5.74) is 1.99. The molecule has 1 rings (SSSR count). The number of hydrogen-bond donors (Lipinski definition) is 0. The second-order valence-corrected chi connectivity index (χ2v) is 5.76. The van der Waals surface area contributed by atoms with Gasteiger partial charge in [0.1, 0.15) is 0 Å². The van der Waals surface area contributed by atoms with Crippen LogP contribution in [-0.4, -0.2) is 22.8 Å². The van der Waals surface area contributed by atoms with Crippen LogP contribution >= 0.6 is 0 Å². The Morgan fingerprint density at radius 3 is 1.94 bits per heavy atom. The molecule has 1 fully saturated rings. The number of allylic oxidation sites excluding steroid dienone is 1. The smallest absolute Gasteiger partial charge is 0.0968 e. The molecule has 0 amide bonds. The van der Waals surface area contributed by atoms with Crippen molar-refractivity contribution in [3.63, 3.8) is 0 Å². The lowest BCUT2D eigenvalue weighted by Gasteiger charge is -2.03. The van der Waals surface area contributed by atoms with Gasteiger partial charge in [-0.15, -0.1) is 0 Å². The van der Waals surface area contributed by atoms with Crippen LogP contribution in [0, 0.1) is 5.92 Å². The molecule has 1 aliphatic heterocycles. The fourth-order valence-electron chi connectivity index (χ4n) is 1.07. The number of methoxy groups -OCH3 is 1. The molecule has 0 spiro atoms. The fourth-order valence-corrected chi connectivity index (χ4v) is 2.46. The van der Waals surface area contributed by atoms with Gasteiger partial charge in [0, 0.05) is 22.1 Å². The average Bonchev–Trinajstić information content (AvgIpc) is 2.59. The minimum Gasteiger partial charge on any atom is -0.501 e. The van der Waals surface area contributed by atoms with Crippen LogP contribution in [0.1, 0.15) is 41.5 Å². The third kappa shape index (κ3) is 9.16. The maximum Gasteiger partial charge on any atom is 0.0968 e. The fraction of sp³-hybridized carbons (Fsp3) is 0.714. The molecule has 17 heavy (non-hydrogen) atoms.